The Hall–Kier alpha value is -0.610. The van der Waals surface area contributed by atoms with E-state index in [1.165, 1.54) is 32.1 Å². The zero-order chi connectivity index (χ0) is 13.9. The van der Waals surface area contributed by atoms with Crippen molar-refractivity contribution in [3.63, 3.8) is 0 Å². The molecule has 3 rings (SSSR count). The number of nitrogens with one attached hydrogen (secondary N) is 1. The van der Waals surface area contributed by atoms with Gasteiger partial charge < -0.3 is 15.0 Å². The van der Waals surface area contributed by atoms with Crippen LogP contribution in [-0.4, -0.2) is 48.7 Å². The van der Waals surface area contributed by atoms with Crippen LogP contribution in [0.15, 0.2) is 0 Å². The van der Waals surface area contributed by atoms with Crippen molar-refractivity contribution >= 4 is 5.91 Å². The fraction of sp³-hybridized carbons (Fsp3) is 0.938. The lowest BCUT2D eigenvalue weighted by Gasteiger charge is -2.42. The standard InChI is InChI=1S/C16H28N2O2/c1-2-13-11-18(9-10-20-13)16(19)15-8-7-12-5-3-4-6-14(12)17-15/h12-15,17H,2-11H2,1H3. The van der Waals surface area contributed by atoms with Gasteiger partial charge in [-0.05, 0) is 38.0 Å². The second kappa shape index (κ2) is 6.44. The summed E-state index contributed by atoms with van der Waals surface area (Å²) in [6.45, 7) is 4.37. The van der Waals surface area contributed by atoms with Gasteiger partial charge in [0.15, 0.2) is 0 Å². The molecule has 0 radical (unpaired) electrons. The highest BCUT2D eigenvalue weighted by atomic mass is 16.5. The van der Waals surface area contributed by atoms with E-state index in [2.05, 4.69) is 12.2 Å². The van der Waals surface area contributed by atoms with Gasteiger partial charge in [-0.3, -0.25) is 4.79 Å². The van der Waals surface area contributed by atoms with Crippen LogP contribution in [0.2, 0.25) is 0 Å². The normalized spacial score (nSPS) is 38.4. The number of carbonyl (C=O) groups excluding carboxylic acids is 1. The maximum Gasteiger partial charge on any atom is 0.239 e. The van der Waals surface area contributed by atoms with Crippen molar-refractivity contribution in [2.75, 3.05) is 19.7 Å². The van der Waals surface area contributed by atoms with Gasteiger partial charge in [0.05, 0.1) is 18.8 Å². The van der Waals surface area contributed by atoms with Crippen LogP contribution in [0.1, 0.15) is 51.9 Å². The van der Waals surface area contributed by atoms with Crippen molar-refractivity contribution in [3.05, 3.63) is 0 Å². The van der Waals surface area contributed by atoms with Gasteiger partial charge in [0.2, 0.25) is 5.91 Å². The Bertz CT molecular complexity index is 347. The van der Waals surface area contributed by atoms with Gasteiger partial charge >= 0.3 is 0 Å². The molecule has 3 fully saturated rings. The van der Waals surface area contributed by atoms with Crippen molar-refractivity contribution in [2.24, 2.45) is 5.92 Å². The molecule has 0 spiro atoms. The van der Waals surface area contributed by atoms with E-state index in [0.29, 0.717) is 18.6 Å². The number of amides is 1. The topological polar surface area (TPSA) is 41.6 Å². The molecule has 1 aliphatic carbocycles. The number of carbonyl (C=O) groups is 1. The Labute approximate surface area is 122 Å². The Kier molecular flexibility index (Phi) is 4.61. The molecule has 1 N–H and O–H groups in total. The zero-order valence-corrected chi connectivity index (χ0v) is 12.6. The van der Waals surface area contributed by atoms with Crippen LogP contribution in [0.25, 0.3) is 0 Å². The SMILES string of the molecule is CCC1CN(C(=O)C2CCC3CCCCC3N2)CCO1. The third-order valence-corrected chi connectivity index (χ3v) is 5.35. The molecular formula is C16H28N2O2. The molecule has 114 valence electrons. The summed E-state index contributed by atoms with van der Waals surface area (Å²) in [4.78, 5) is 14.7. The van der Waals surface area contributed by atoms with Crippen molar-refractivity contribution in [1.29, 1.82) is 0 Å². The van der Waals surface area contributed by atoms with E-state index in [4.69, 9.17) is 4.74 Å². The molecule has 3 aliphatic rings. The van der Waals surface area contributed by atoms with Crippen LogP contribution in [0, 0.1) is 5.92 Å². The summed E-state index contributed by atoms with van der Waals surface area (Å²) < 4.78 is 5.67. The lowest BCUT2D eigenvalue weighted by atomic mass is 9.77. The minimum absolute atomic E-state index is 0.0601. The number of ether oxygens (including phenoxy) is 1. The Morgan fingerprint density at radius 2 is 2.10 bits per heavy atom. The number of morpholine rings is 1. The molecule has 0 bridgehead atoms. The molecule has 1 saturated carbocycles. The lowest BCUT2D eigenvalue weighted by molar-refractivity contribution is -0.142. The predicted octanol–water partition coefficient (Wildman–Crippen LogP) is 1.93. The van der Waals surface area contributed by atoms with E-state index < -0.39 is 0 Å². The molecule has 4 heteroatoms. The first-order valence-corrected chi connectivity index (χ1v) is 8.44. The van der Waals surface area contributed by atoms with Gasteiger partial charge in [0, 0.05) is 19.1 Å². The maximum atomic E-state index is 12.7. The first-order chi connectivity index (χ1) is 9.78. The highest BCUT2D eigenvalue weighted by molar-refractivity contribution is 5.82. The maximum absolute atomic E-state index is 12.7. The average Bonchev–Trinajstić information content (AvgIpc) is 2.53. The predicted molar refractivity (Wildman–Crippen MR) is 78.5 cm³/mol. The molecule has 2 heterocycles. The fourth-order valence-corrected chi connectivity index (χ4v) is 4.08. The van der Waals surface area contributed by atoms with Gasteiger partial charge in [0.25, 0.3) is 0 Å². The molecule has 20 heavy (non-hydrogen) atoms. The Morgan fingerprint density at radius 1 is 1.25 bits per heavy atom. The summed E-state index contributed by atoms with van der Waals surface area (Å²) >= 11 is 0. The van der Waals surface area contributed by atoms with E-state index in [9.17, 15) is 4.79 Å². The van der Waals surface area contributed by atoms with Gasteiger partial charge in [-0.15, -0.1) is 0 Å². The number of piperidine rings is 1. The van der Waals surface area contributed by atoms with Crippen LogP contribution in [0.3, 0.4) is 0 Å². The molecule has 2 saturated heterocycles. The zero-order valence-electron chi connectivity index (χ0n) is 12.6. The number of nitrogens with zero attached hydrogens (tertiary/aromatic N) is 1. The summed E-state index contributed by atoms with van der Waals surface area (Å²) in [5.41, 5.74) is 0. The number of rotatable bonds is 2. The first-order valence-electron chi connectivity index (χ1n) is 8.44. The van der Waals surface area contributed by atoms with E-state index in [1.807, 2.05) is 4.90 Å². The van der Waals surface area contributed by atoms with E-state index in [1.54, 1.807) is 0 Å². The number of fused-ring (bicyclic) bond motifs is 1. The van der Waals surface area contributed by atoms with Crippen LogP contribution in [0.5, 0.6) is 0 Å². The third-order valence-electron chi connectivity index (χ3n) is 5.35. The molecule has 1 amide bonds. The van der Waals surface area contributed by atoms with Gasteiger partial charge in [-0.2, -0.15) is 0 Å². The van der Waals surface area contributed by atoms with Crippen molar-refractivity contribution < 1.29 is 9.53 Å². The van der Waals surface area contributed by atoms with E-state index in [0.717, 1.165) is 31.8 Å². The van der Waals surface area contributed by atoms with Gasteiger partial charge in [-0.1, -0.05) is 19.8 Å². The molecule has 0 aromatic carbocycles. The minimum Gasteiger partial charge on any atom is -0.375 e. The van der Waals surface area contributed by atoms with Crippen molar-refractivity contribution in [3.8, 4) is 0 Å². The summed E-state index contributed by atoms with van der Waals surface area (Å²) in [5, 5.41) is 3.65. The van der Waals surface area contributed by atoms with Crippen LogP contribution < -0.4 is 5.32 Å². The second-order valence-corrected chi connectivity index (χ2v) is 6.63. The minimum atomic E-state index is 0.0601. The van der Waals surface area contributed by atoms with Crippen LogP contribution in [0.4, 0.5) is 0 Å². The van der Waals surface area contributed by atoms with E-state index >= 15 is 0 Å². The molecular weight excluding hydrogens is 252 g/mol. The molecule has 4 atom stereocenters. The van der Waals surface area contributed by atoms with Crippen LogP contribution >= 0.6 is 0 Å². The molecule has 0 aromatic heterocycles. The summed E-state index contributed by atoms with van der Waals surface area (Å²) in [6, 6.07) is 0.652. The Morgan fingerprint density at radius 3 is 2.95 bits per heavy atom. The lowest BCUT2D eigenvalue weighted by Crippen LogP contribution is -2.58. The van der Waals surface area contributed by atoms with Crippen LogP contribution in [-0.2, 0) is 9.53 Å². The summed E-state index contributed by atoms with van der Waals surface area (Å²) in [7, 11) is 0. The van der Waals surface area contributed by atoms with Crippen molar-refractivity contribution in [2.45, 2.75) is 70.1 Å². The summed E-state index contributed by atoms with van der Waals surface area (Å²) in [6.07, 6.45) is 8.80. The summed E-state index contributed by atoms with van der Waals surface area (Å²) in [5.74, 6) is 1.14. The van der Waals surface area contributed by atoms with E-state index in [-0.39, 0.29) is 12.1 Å². The molecule has 4 nitrogen and oxygen atoms in total. The number of hydrogen-bond acceptors (Lipinski definition) is 3. The highest BCUT2D eigenvalue weighted by Gasteiger charge is 2.36. The molecule has 4 unspecified atom stereocenters. The van der Waals surface area contributed by atoms with Gasteiger partial charge in [0.1, 0.15) is 0 Å². The highest BCUT2D eigenvalue weighted by Crippen LogP contribution is 2.32. The van der Waals surface area contributed by atoms with Crippen molar-refractivity contribution in [1.82, 2.24) is 10.2 Å². The Balaban J connectivity index is 1.57. The molecule has 2 aliphatic heterocycles. The average molecular weight is 280 g/mol. The number of hydrogen-bond donors (Lipinski definition) is 1. The quantitative estimate of drug-likeness (QED) is 0.840. The fourth-order valence-electron chi connectivity index (χ4n) is 4.08. The molecule has 0 aromatic rings. The van der Waals surface area contributed by atoms with Gasteiger partial charge in [-0.25, -0.2) is 0 Å². The largest absolute Gasteiger partial charge is 0.375 e. The first kappa shape index (κ1) is 14.3. The monoisotopic (exact) mass is 280 g/mol. The third kappa shape index (κ3) is 3.01. The smallest absolute Gasteiger partial charge is 0.239 e. The second-order valence-electron chi connectivity index (χ2n) is 6.63.